The fraction of sp³-hybridized carbons (Fsp3) is 0.857. The minimum Gasteiger partial charge on any atom is -0.345 e. The molecular formula is C14H26N2O2. The van der Waals surface area contributed by atoms with Gasteiger partial charge in [-0.3, -0.25) is 9.59 Å². The average Bonchev–Trinajstić information content (AvgIpc) is 2.32. The molecule has 1 N–H and O–H groups in total. The van der Waals surface area contributed by atoms with Crippen molar-refractivity contribution in [2.75, 3.05) is 13.1 Å². The van der Waals surface area contributed by atoms with Gasteiger partial charge in [0.2, 0.25) is 11.8 Å². The molecule has 104 valence electrons. The lowest BCUT2D eigenvalue weighted by atomic mass is 9.94. The van der Waals surface area contributed by atoms with Gasteiger partial charge in [-0.15, -0.1) is 0 Å². The van der Waals surface area contributed by atoms with Crippen LogP contribution in [0.3, 0.4) is 0 Å². The monoisotopic (exact) mass is 254 g/mol. The van der Waals surface area contributed by atoms with Gasteiger partial charge in [-0.2, -0.15) is 0 Å². The molecule has 2 unspecified atom stereocenters. The van der Waals surface area contributed by atoms with Crippen molar-refractivity contribution in [3.05, 3.63) is 0 Å². The van der Waals surface area contributed by atoms with Gasteiger partial charge in [0.05, 0.1) is 6.54 Å². The summed E-state index contributed by atoms with van der Waals surface area (Å²) in [5.74, 6) is 0.922. The van der Waals surface area contributed by atoms with Crippen LogP contribution >= 0.6 is 0 Å². The van der Waals surface area contributed by atoms with E-state index in [-0.39, 0.29) is 30.3 Å². The predicted molar refractivity (Wildman–Crippen MR) is 72.0 cm³/mol. The fourth-order valence-electron chi connectivity index (χ4n) is 2.39. The van der Waals surface area contributed by atoms with Crippen molar-refractivity contribution in [3.8, 4) is 0 Å². The van der Waals surface area contributed by atoms with E-state index in [1.165, 1.54) is 0 Å². The molecule has 18 heavy (non-hydrogen) atoms. The summed E-state index contributed by atoms with van der Waals surface area (Å²) in [5, 5.41) is 2.70. The van der Waals surface area contributed by atoms with E-state index in [4.69, 9.17) is 0 Å². The second kappa shape index (κ2) is 6.76. The lowest BCUT2D eigenvalue weighted by Crippen LogP contribution is -2.60. The van der Waals surface area contributed by atoms with Gasteiger partial charge in [0.15, 0.2) is 0 Å². The predicted octanol–water partition coefficient (Wildman–Crippen LogP) is 1.80. The zero-order chi connectivity index (χ0) is 13.7. The molecule has 1 aliphatic heterocycles. The second-order valence-corrected chi connectivity index (χ2v) is 5.67. The van der Waals surface area contributed by atoms with E-state index in [2.05, 4.69) is 26.1 Å². The van der Waals surface area contributed by atoms with Crippen molar-refractivity contribution in [2.24, 2.45) is 11.8 Å². The Kier molecular flexibility index (Phi) is 5.63. The summed E-state index contributed by atoms with van der Waals surface area (Å²) in [5.41, 5.74) is 0. The third-order valence-corrected chi connectivity index (χ3v) is 3.70. The Hall–Kier alpha value is -1.06. The van der Waals surface area contributed by atoms with Crippen molar-refractivity contribution in [1.29, 1.82) is 0 Å². The summed E-state index contributed by atoms with van der Waals surface area (Å²) in [6, 6.07) is -0.275. The smallest absolute Gasteiger partial charge is 0.243 e. The Morgan fingerprint density at radius 1 is 1.33 bits per heavy atom. The van der Waals surface area contributed by atoms with E-state index < -0.39 is 0 Å². The van der Waals surface area contributed by atoms with E-state index in [1.54, 1.807) is 4.90 Å². The van der Waals surface area contributed by atoms with Crippen molar-refractivity contribution in [1.82, 2.24) is 10.2 Å². The van der Waals surface area contributed by atoms with Crippen LogP contribution in [-0.4, -0.2) is 35.8 Å². The molecule has 4 heteroatoms. The summed E-state index contributed by atoms with van der Waals surface area (Å²) >= 11 is 0. The third-order valence-electron chi connectivity index (χ3n) is 3.70. The third kappa shape index (κ3) is 3.72. The van der Waals surface area contributed by atoms with Gasteiger partial charge >= 0.3 is 0 Å². The van der Waals surface area contributed by atoms with Crippen molar-refractivity contribution in [2.45, 2.75) is 53.0 Å². The molecule has 0 radical (unpaired) electrons. The highest BCUT2D eigenvalue weighted by Crippen LogP contribution is 2.19. The standard InChI is InChI=1S/C14H26N2O2/c1-5-11(4)13-14(18)15-9-12(17)16(13)8-6-7-10(2)3/h10-11,13H,5-9H2,1-4H3,(H,15,18). The Morgan fingerprint density at radius 2 is 2.00 bits per heavy atom. The highest BCUT2D eigenvalue weighted by molar-refractivity contribution is 5.94. The molecule has 0 spiro atoms. The zero-order valence-corrected chi connectivity index (χ0v) is 12.0. The Balaban J connectivity index is 2.67. The summed E-state index contributed by atoms with van der Waals surface area (Å²) in [7, 11) is 0. The van der Waals surface area contributed by atoms with Gasteiger partial charge in [0.25, 0.3) is 0 Å². The maximum absolute atomic E-state index is 12.0. The van der Waals surface area contributed by atoms with Crippen LogP contribution < -0.4 is 5.32 Å². The average molecular weight is 254 g/mol. The van der Waals surface area contributed by atoms with Crippen LogP contribution in [0.1, 0.15) is 47.0 Å². The molecular weight excluding hydrogens is 228 g/mol. The molecule has 0 saturated carbocycles. The number of nitrogens with one attached hydrogen (secondary N) is 1. The van der Waals surface area contributed by atoms with Crippen LogP contribution in [0.25, 0.3) is 0 Å². The number of nitrogens with zero attached hydrogens (tertiary/aromatic N) is 1. The summed E-state index contributed by atoms with van der Waals surface area (Å²) in [6.45, 7) is 9.32. The number of piperazine rings is 1. The lowest BCUT2D eigenvalue weighted by molar-refractivity contribution is -0.147. The molecule has 1 heterocycles. The summed E-state index contributed by atoms with van der Waals surface area (Å²) < 4.78 is 0. The maximum atomic E-state index is 12.0. The number of hydrogen-bond donors (Lipinski definition) is 1. The van der Waals surface area contributed by atoms with Gasteiger partial charge in [0.1, 0.15) is 6.04 Å². The molecule has 0 aliphatic carbocycles. The Morgan fingerprint density at radius 3 is 2.56 bits per heavy atom. The first-order chi connectivity index (χ1) is 8.47. The maximum Gasteiger partial charge on any atom is 0.243 e. The molecule has 0 aromatic rings. The van der Waals surface area contributed by atoms with Crippen molar-refractivity contribution >= 4 is 11.8 Å². The number of carbonyl (C=O) groups is 2. The normalized spacial score (nSPS) is 22.3. The van der Waals surface area contributed by atoms with Gasteiger partial charge in [-0.1, -0.05) is 34.1 Å². The molecule has 1 rings (SSSR count). The second-order valence-electron chi connectivity index (χ2n) is 5.67. The number of rotatable bonds is 6. The largest absolute Gasteiger partial charge is 0.345 e. The van der Waals surface area contributed by atoms with Crippen LogP contribution in [0.4, 0.5) is 0 Å². The topological polar surface area (TPSA) is 49.4 Å². The number of hydrogen-bond acceptors (Lipinski definition) is 2. The molecule has 1 aliphatic rings. The summed E-state index contributed by atoms with van der Waals surface area (Å²) in [4.78, 5) is 25.7. The van der Waals surface area contributed by atoms with Gasteiger partial charge in [-0.05, 0) is 24.7 Å². The van der Waals surface area contributed by atoms with Crippen molar-refractivity contribution in [3.63, 3.8) is 0 Å². The molecule has 1 fully saturated rings. The first-order valence-corrected chi connectivity index (χ1v) is 7.04. The molecule has 4 nitrogen and oxygen atoms in total. The van der Waals surface area contributed by atoms with E-state index >= 15 is 0 Å². The van der Waals surface area contributed by atoms with Crippen molar-refractivity contribution < 1.29 is 9.59 Å². The summed E-state index contributed by atoms with van der Waals surface area (Å²) in [6.07, 6.45) is 2.98. The van der Waals surface area contributed by atoms with E-state index in [9.17, 15) is 9.59 Å². The number of carbonyl (C=O) groups excluding carboxylic acids is 2. The van der Waals surface area contributed by atoms with Crippen LogP contribution in [-0.2, 0) is 9.59 Å². The van der Waals surface area contributed by atoms with Gasteiger partial charge in [-0.25, -0.2) is 0 Å². The quantitative estimate of drug-likeness (QED) is 0.785. The van der Waals surface area contributed by atoms with Gasteiger partial charge in [0, 0.05) is 6.54 Å². The lowest BCUT2D eigenvalue weighted by Gasteiger charge is -2.38. The van der Waals surface area contributed by atoms with Gasteiger partial charge < -0.3 is 10.2 Å². The van der Waals surface area contributed by atoms with E-state index in [0.29, 0.717) is 12.5 Å². The van der Waals surface area contributed by atoms with Crippen LogP contribution in [0, 0.1) is 11.8 Å². The van der Waals surface area contributed by atoms with Crippen LogP contribution in [0.5, 0.6) is 0 Å². The molecule has 2 atom stereocenters. The highest BCUT2D eigenvalue weighted by Gasteiger charge is 2.36. The minimum absolute atomic E-state index is 0.00787. The minimum atomic E-state index is -0.275. The fourth-order valence-corrected chi connectivity index (χ4v) is 2.39. The highest BCUT2D eigenvalue weighted by atomic mass is 16.2. The zero-order valence-electron chi connectivity index (χ0n) is 12.0. The van der Waals surface area contributed by atoms with Crippen LogP contribution in [0.15, 0.2) is 0 Å². The Labute approximate surface area is 110 Å². The van der Waals surface area contributed by atoms with Crippen LogP contribution in [0.2, 0.25) is 0 Å². The molecule has 2 amide bonds. The molecule has 0 aromatic carbocycles. The number of amides is 2. The SMILES string of the molecule is CCC(C)C1C(=O)NCC(=O)N1CCCC(C)C. The van der Waals surface area contributed by atoms with E-state index in [0.717, 1.165) is 19.3 Å². The molecule has 0 bridgehead atoms. The van der Waals surface area contributed by atoms with E-state index in [1.807, 2.05) is 6.92 Å². The molecule has 1 saturated heterocycles. The first-order valence-electron chi connectivity index (χ1n) is 7.04. The first kappa shape index (κ1) is 15.0. The Bertz CT molecular complexity index is 302. The molecule has 0 aromatic heterocycles.